The Morgan fingerprint density at radius 2 is 1.64 bits per heavy atom. The lowest BCUT2D eigenvalue weighted by molar-refractivity contribution is -0.157. The van der Waals surface area contributed by atoms with E-state index >= 15 is 0 Å². The summed E-state index contributed by atoms with van der Waals surface area (Å²) in [6.45, 7) is 10.1. The first-order chi connectivity index (χ1) is 12.6. The summed E-state index contributed by atoms with van der Waals surface area (Å²) in [6.07, 6.45) is -1.01. The van der Waals surface area contributed by atoms with Gasteiger partial charge in [-0.25, -0.2) is 18.4 Å². The molecule has 158 valence electrons. The molecule has 0 aromatic heterocycles. The summed E-state index contributed by atoms with van der Waals surface area (Å²) >= 11 is 1.62. The average molecular weight is 513 g/mol. The van der Waals surface area contributed by atoms with E-state index in [1.54, 1.807) is 64.1 Å². The molecule has 1 rings (SSSR count). The number of hydrogen-bond donors (Lipinski definition) is 1. The van der Waals surface area contributed by atoms with E-state index in [4.69, 9.17) is 14.2 Å². The molecule has 1 amide bonds. The number of rotatable bonds is 5. The average Bonchev–Trinajstić information content (AvgIpc) is 2.49. The van der Waals surface area contributed by atoms with Gasteiger partial charge in [-0.15, -0.1) is 0 Å². The van der Waals surface area contributed by atoms with Gasteiger partial charge in [0.25, 0.3) is 0 Å². The maximum atomic E-state index is 13.9. The SMILES string of the molecule is COc1c(C[C@@H](NC(=O)OC(C)(C)C)C(=O)OC(C)(C)C)cc(F)c(F)c1I. The van der Waals surface area contributed by atoms with Gasteiger partial charge in [-0.1, -0.05) is 0 Å². The zero-order valence-electron chi connectivity index (χ0n) is 17.0. The number of halogens is 3. The number of amides is 1. The van der Waals surface area contributed by atoms with E-state index in [0.717, 1.165) is 6.07 Å². The first-order valence-corrected chi connectivity index (χ1v) is 9.65. The summed E-state index contributed by atoms with van der Waals surface area (Å²) in [4.78, 5) is 24.8. The predicted molar refractivity (Wildman–Crippen MR) is 108 cm³/mol. The Balaban J connectivity index is 3.22. The van der Waals surface area contributed by atoms with Crippen molar-refractivity contribution < 1.29 is 32.6 Å². The third-order valence-corrected chi connectivity index (χ3v) is 4.17. The van der Waals surface area contributed by atoms with Crippen LogP contribution in [0.25, 0.3) is 0 Å². The van der Waals surface area contributed by atoms with E-state index in [-0.39, 0.29) is 21.3 Å². The number of methoxy groups -OCH3 is 1. The number of alkyl carbamates (subject to hydrolysis) is 1. The molecule has 6 nitrogen and oxygen atoms in total. The van der Waals surface area contributed by atoms with E-state index in [1.165, 1.54) is 7.11 Å². The number of carbonyl (C=O) groups is 2. The maximum Gasteiger partial charge on any atom is 0.408 e. The largest absolute Gasteiger partial charge is 0.495 e. The van der Waals surface area contributed by atoms with Crippen molar-refractivity contribution in [1.82, 2.24) is 5.32 Å². The molecule has 0 heterocycles. The third kappa shape index (κ3) is 7.40. The van der Waals surface area contributed by atoms with Crippen LogP contribution in [0.4, 0.5) is 13.6 Å². The van der Waals surface area contributed by atoms with Crippen LogP contribution in [0.15, 0.2) is 6.07 Å². The fraction of sp³-hybridized carbons (Fsp3) is 0.579. The number of ether oxygens (including phenoxy) is 3. The smallest absolute Gasteiger partial charge is 0.408 e. The lowest BCUT2D eigenvalue weighted by Crippen LogP contribution is -2.47. The molecule has 0 saturated carbocycles. The minimum absolute atomic E-state index is 0.0599. The summed E-state index contributed by atoms with van der Waals surface area (Å²) in [5, 5.41) is 2.44. The number of esters is 1. The van der Waals surface area contributed by atoms with Crippen LogP contribution in [0.3, 0.4) is 0 Å². The monoisotopic (exact) mass is 513 g/mol. The molecular weight excluding hydrogens is 487 g/mol. The second kappa shape index (κ2) is 9.23. The number of benzene rings is 1. The van der Waals surface area contributed by atoms with E-state index in [2.05, 4.69) is 5.32 Å². The van der Waals surface area contributed by atoms with Gasteiger partial charge in [0, 0.05) is 12.0 Å². The van der Waals surface area contributed by atoms with Gasteiger partial charge in [0.05, 0.1) is 10.7 Å². The Labute approximate surface area is 177 Å². The number of carbonyl (C=O) groups excluding carboxylic acids is 2. The zero-order chi connectivity index (χ0) is 21.9. The molecule has 1 atom stereocenters. The minimum atomic E-state index is -1.19. The minimum Gasteiger partial charge on any atom is -0.495 e. The van der Waals surface area contributed by atoms with Crippen molar-refractivity contribution in [3.8, 4) is 5.75 Å². The highest BCUT2D eigenvalue weighted by molar-refractivity contribution is 14.1. The zero-order valence-corrected chi connectivity index (χ0v) is 19.2. The molecular formula is C19H26F2INO5. The fourth-order valence-electron chi connectivity index (χ4n) is 2.24. The van der Waals surface area contributed by atoms with E-state index in [1.807, 2.05) is 0 Å². The molecule has 1 N–H and O–H groups in total. The maximum absolute atomic E-state index is 13.9. The highest BCUT2D eigenvalue weighted by Gasteiger charge is 2.31. The Hall–Kier alpha value is -1.65. The van der Waals surface area contributed by atoms with Crippen molar-refractivity contribution >= 4 is 34.7 Å². The van der Waals surface area contributed by atoms with E-state index in [0.29, 0.717) is 0 Å². The fourth-order valence-corrected chi connectivity index (χ4v) is 3.06. The second-order valence-corrected chi connectivity index (χ2v) is 9.19. The first-order valence-electron chi connectivity index (χ1n) is 8.57. The highest BCUT2D eigenvalue weighted by Crippen LogP contribution is 2.31. The summed E-state index contributed by atoms with van der Waals surface area (Å²) in [5.41, 5.74) is -1.38. The molecule has 0 spiro atoms. The Kier molecular flexibility index (Phi) is 8.04. The van der Waals surface area contributed by atoms with Crippen LogP contribution in [0.2, 0.25) is 0 Å². The molecule has 0 aliphatic rings. The quantitative estimate of drug-likeness (QED) is 0.360. The van der Waals surface area contributed by atoms with Gasteiger partial charge >= 0.3 is 12.1 Å². The van der Waals surface area contributed by atoms with Gasteiger partial charge in [0.2, 0.25) is 0 Å². The molecule has 0 aliphatic carbocycles. The standard InChI is InChI=1S/C19H26F2INO5/c1-18(2,3)27-16(24)12(23-17(25)28-19(4,5)6)9-10-8-11(20)13(21)14(22)15(10)26-7/h8,12H,9H2,1-7H3,(H,23,25)/t12-/m1/s1. The van der Waals surface area contributed by atoms with Crippen molar-refractivity contribution in [3.05, 3.63) is 26.8 Å². The van der Waals surface area contributed by atoms with Gasteiger partial charge in [0.1, 0.15) is 23.0 Å². The summed E-state index contributed by atoms with van der Waals surface area (Å²) in [7, 11) is 1.31. The Bertz CT molecular complexity index is 741. The van der Waals surface area contributed by atoms with Gasteiger partial charge < -0.3 is 19.5 Å². The lowest BCUT2D eigenvalue weighted by atomic mass is 10.0. The molecule has 0 bridgehead atoms. The Morgan fingerprint density at radius 1 is 1.11 bits per heavy atom. The van der Waals surface area contributed by atoms with Crippen molar-refractivity contribution in [2.24, 2.45) is 0 Å². The van der Waals surface area contributed by atoms with Crippen LogP contribution >= 0.6 is 22.6 Å². The van der Waals surface area contributed by atoms with Crippen LogP contribution in [-0.2, 0) is 20.7 Å². The van der Waals surface area contributed by atoms with Gasteiger partial charge in [-0.05, 0) is 70.2 Å². The highest BCUT2D eigenvalue weighted by atomic mass is 127. The van der Waals surface area contributed by atoms with Crippen LogP contribution in [0.5, 0.6) is 5.75 Å². The summed E-state index contributed by atoms with van der Waals surface area (Å²) < 4.78 is 43.4. The van der Waals surface area contributed by atoms with Crippen LogP contribution in [-0.4, -0.2) is 36.4 Å². The summed E-state index contributed by atoms with van der Waals surface area (Å²) in [6, 6.07) is -0.256. The third-order valence-electron chi connectivity index (χ3n) is 3.20. The van der Waals surface area contributed by atoms with Crippen molar-refractivity contribution in [2.75, 3.05) is 7.11 Å². The van der Waals surface area contributed by atoms with Crippen molar-refractivity contribution in [2.45, 2.75) is 65.2 Å². The van der Waals surface area contributed by atoms with Gasteiger partial charge in [-0.2, -0.15) is 0 Å². The molecule has 1 aromatic rings. The van der Waals surface area contributed by atoms with Crippen molar-refractivity contribution in [1.29, 1.82) is 0 Å². The van der Waals surface area contributed by atoms with E-state index < -0.39 is 40.9 Å². The van der Waals surface area contributed by atoms with Crippen LogP contribution in [0, 0.1) is 15.2 Å². The molecule has 0 saturated heterocycles. The van der Waals surface area contributed by atoms with E-state index in [9.17, 15) is 18.4 Å². The van der Waals surface area contributed by atoms with Gasteiger partial charge in [-0.3, -0.25) is 0 Å². The molecule has 9 heteroatoms. The molecule has 28 heavy (non-hydrogen) atoms. The molecule has 1 aromatic carbocycles. The number of nitrogens with one attached hydrogen (secondary N) is 1. The first kappa shape index (κ1) is 24.4. The topological polar surface area (TPSA) is 73.9 Å². The Morgan fingerprint density at radius 3 is 2.11 bits per heavy atom. The predicted octanol–water partition coefficient (Wildman–Crippen LogP) is 4.36. The molecule has 0 unspecified atom stereocenters. The lowest BCUT2D eigenvalue weighted by Gasteiger charge is -2.26. The molecule has 0 radical (unpaired) electrons. The van der Waals surface area contributed by atoms with Crippen molar-refractivity contribution in [3.63, 3.8) is 0 Å². The normalized spacial score (nSPS) is 12.9. The summed E-state index contributed by atoms with van der Waals surface area (Å²) in [5.74, 6) is -2.78. The second-order valence-electron chi connectivity index (χ2n) is 8.12. The number of hydrogen-bond acceptors (Lipinski definition) is 5. The molecule has 0 fully saturated rings. The van der Waals surface area contributed by atoms with Crippen LogP contribution in [0.1, 0.15) is 47.1 Å². The van der Waals surface area contributed by atoms with Crippen LogP contribution < -0.4 is 10.1 Å². The molecule has 0 aliphatic heterocycles. The van der Waals surface area contributed by atoms with Gasteiger partial charge in [0.15, 0.2) is 11.6 Å².